The standard InChI is InChI=1S/C10H11ClN2O/c11-9-4-7-5-13-2-1-6(7)3-8(9)10(12)14/h3-4,13H,1-2,5H2,(H2,12,14). The van der Waals surface area contributed by atoms with Crippen LogP contribution in [0.2, 0.25) is 5.02 Å². The fourth-order valence-electron chi connectivity index (χ4n) is 1.69. The van der Waals surface area contributed by atoms with Gasteiger partial charge in [-0.15, -0.1) is 0 Å². The number of nitrogens with two attached hydrogens (primary N) is 1. The minimum Gasteiger partial charge on any atom is -0.366 e. The number of halogens is 1. The van der Waals surface area contributed by atoms with E-state index < -0.39 is 5.91 Å². The average molecular weight is 211 g/mol. The van der Waals surface area contributed by atoms with E-state index in [4.69, 9.17) is 17.3 Å². The van der Waals surface area contributed by atoms with Crippen LogP contribution in [0.1, 0.15) is 21.5 Å². The van der Waals surface area contributed by atoms with Crippen LogP contribution in [-0.2, 0) is 13.0 Å². The minimum atomic E-state index is -0.462. The molecular formula is C10H11ClN2O. The van der Waals surface area contributed by atoms with E-state index >= 15 is 0 Å². The van der Waals surface area contributed by atoms with Gasteiger partial charge in [0.05, 0.1) is 10.6 Å². The van der Waals surface area contributed by atoms with Crippen molar-refractivity contribution in [2.24, 2.45) is 5.73 Å². The van der Waals surface area contributed by atoms with Gasteiger partial charge in [0.25, 0.3) is 0 Å². The van der Waals surface area contributed by atoms with Gasteiger partial charge in [0.15, 0.2) is 0 Å². The van der Waals surface area contributed by atoms with Crippen LogP contribution in [0, 0.1) is 0 Å². The molecule has 1 aliphatic rings. The van der Waals surface area contributed by atoms with E-state index in [2.05, 4.69) is 5.32 Å². The zero-order chi connectivity index (χ0) is 10.1. The molecule has 0 radical (unpaired) electrons. The Morgan fingerprint density at radius 2 is 2.21 bits per heavy atom. The maximum atomic E-state index is 11.0. The molecule has 74 valence electrons. The number of rotatable bonds is 1. The quantitative estimate of drug-likeness (QED) is 0.729. The summed E-state index contributed by atoms with van der Waals surface area (Å²) in [6, 6.07) is 3.63. The highest BCUT2D eigenvalue weighted by Crippen LogP contribution is 2.23. The number of carbonyl (C=O) groups is 1. The van der Waals surface area contributed by atoms with Crippen LogP contribution >= 0.6 is 11.6 Å². The van der Waals surface area contributed by atoms with E-state index in [1.807, 2.05) is 6.07 Å². The van der Waals surface area contributed by atoms with Crippen molar-refractivity contribution in [3.63, 3.8) is 0 Å². The summed E-state index contributed by atoms with van der Waals surface area (Å²) in [5.41, 5.74) is 7.96. The van der Waals surface area contributed by atoms with Crippen molar-refractivity contribution in [2.75, 3.05) is 6.54 Å². The molecule has 3 nitrogen and oxygen atoms in total. The topological polar surface area (TPSA) is 55.1 Å². The summed E-state index contributed by atoms with van der Waals surface area (Å²) in [5.74, 6) is -0.462. The lowest BCUT2D eigenvalue weighted by Crippen LogP contribution is -2.24. The molecule has 0 aliphatic carbocycles. The normalized spacial score (nSPS) is 14.9. The highest BCUT2D eigenvalue weighted by molar-refractivity contribution is 6.33. The van der Waals surface area contributed by atoms with E-state index in [-0.39, 0.29) is 0 Å². The van der Waals surface area contributed by atoms with Crippen LogP contribution in [0.4, 0.5) is 0 Å². The predicted molar refractivity (Wildman–Crippen MR) is 55.4 cm³/mol. The van der Waals surface area contributed by atoms with Crippen molar-refractivity contribution < 1.29 is 4.79 Å². The van der Waals surface area contributed by atoms with Gasteiger partial charge in [-0.2, -0.15) is 0 Å². The Kier molecular flexibility index (Phi) is 2.44. The molecule has 1 heterocycles. The van der Waals surface area contributed by atoms with Gasteiger partial charge in [0, 0.05) is 6.54 Å². The van der Waals surface area contributed by atoms with Gasteiger partial charge in [0.2, 0.25) is 5.91 Å². The van der Waals surface area contributed by atoms with Gasteiger partial charge in [-0.25, -0.2) is 0 Å². The summed E-state index contributed by atoms with van der Waals surface area (Å²) < 4.78 is 0. The fourth-order valence-corrected chi connectivity index (χ4v) is 1.97. The SMILES string of the molecule is NC(=O)c1cc2c(cc1Cl)CNCC2. The number of hydrogen-bond donors (Lipinski definition) is 2. The van der Waals surface area contributed by atoms with E-state index in [1.165, 1.54) is 5.56 Å². The van der Waals surface area contributed by atoms with Crippen molar-refractivity contribution in [1.29, 1.82) is 0 Å². The van der Waals surface area contributed by atoms with E-state index in [0.717, 1.165) is 25.1 Å². The lowest BCUT2D eigenvalue weighted by molar-refractivity contribution is 0.100. The van der Waals surface area contributed by atoms with Gasteiger partial charge in [-0.1, -0.05) is 11.6 Å². The van der Waals surface area contributed by atoms with Crippen molar-refractivity contribution >= 4 is 17.5 Å². The zero-order valence-corrected chi connectivity index (χ0v) is 8.40. The van der Waals surface area contributed by atoms with E-state index in [9.17, 15) is 4.79 Å². The fraction of sp³-hybridized carbons (Fsp3) is 0.300. The predicted octanol–water partition coefficient (Wildman–Crippen LogP) is 1.08. The van der Waals surface area contributed by atoms with Crippen molar-refractivity contribution in [3.05, 3.63) is 33.8 Å². The van der Waals surface area contributed by atoms with Crippen LogP contribution in [-0.4, -0.2) is 12.5 Å². The first-order valence-electron chi connectivity index (χ1n) is 4.50. The average Bonchev–Trinajstić information content (AvgIpc) is 2.16. The highest BCUT2D eigenvalue weighted by atomic mass is 35.5. The molecule has 4 heteroatoms. The minimum absolute atomic E-state index is 0.423. The maximum absolute atomic E-state index is 11.0. The molecule has 0 fully saturated rings. The third-order valence-electron chi connectivity index (χ3n) is 2.44. The third-order valence-corrected chi connectivity index (χ3v) is 2.75. The second kappa shape index (κ2) is 3.59. The number of nitrogens with one attached hydrogen (secondary N) is 1. The lowest BCUT2D eigenvalue weighted by atomic mass is 9.98. The van der Waals surface area contributed by atoms with Crippen molar-refractivity contribution in [3.8, 4) is 0 Å². The highest BCUT2D eigenvalue weighted by Gasteiger charge is 2.14. The molecule has 0 saturated carbocycles. The molecular weight excluding hydrogens is 200 g/mol. The molecule has 0 aromatic heterocycles. The van der Waals surface area contributed by atoms with Crippen molar-refractivity contribution in [1.82, 2.24) is 5.32 Å². The molecule has 0 bridgehead atoms. The largest absolute Gasteiger partial charge is 0.366 e. The first-order chi connectivity index (χ1) is 6.68. The van der Waals surface area contributed by atoms with Gasteiger partial charge in [-0.3, -0.25) is 4.79 Å². The molecule has 0 atom stereocenters. The summed E-state index contributed by atoms with van der Waals surface area (Å²) in [4.78, 5) is 11.0. The Labute approximate surface area is 87.2 Å². The van der Waals surface area contributed by atoms with Crippen LogP contribution in [0.5, 0.6) is 0 Å². The summed E-state index contributed by atoms with van der Waals surface area (Å²) in [5, 5.41) is 3.69. The zero-order valence-electron chi connectivity index (χ0n) is 7.64. The number of benzene rings is 1. The summed E-state index contributed by atoms with van der Waals surface area (Å²) in [6.07, 6.45) is 0.923. The molecule has 1 amide bonds. The summed E-state index contributed by atoms with van der Waals surface area (Å²) >= 11 is 5.93. The Morgan fingerprint density at radius 3 is 2.93 bits per heavy atom. The van der Waals surface area contributed by atoms with Gasteiger partial charge in [-0.05, 0) is 36.2 Å². The second-order valence-electron chi connectivity index (χ2n) is 3.39. The number of hydrogen-bond acceptors (Lipinski definition) is 2. The van der Waals surface area contributed by atoms with Crippen LogP contribution in [0.25, 0.3) is 0 Å². The van der Waals surface area contributed by atoms with Crippen molar-refractivity contribution in [2.45, 2.75) is 13.0 Å². The molecule has 2 rings (SSSR count). The molecule has 1 aliphatic heterocycles. The Balaban J connectivity index is 2.50. The Hall–Kier alpha value is -1.06. The number of primary amides is 1. The number of fused-ring (bicyclic) bond motifs is 1. The number of amides is 1. The van der Waals surface area contributed by atoms with Crippen LogP contribution in [0.3, 0.4) is 0 Å². The lowest BCUT2D eigenvalue weighted by Gasteiger charge is -2.18. The Bertz CT molecular complexity index is 390. The molecule has 1 aromatic rings. The molecule has 3 N–H and O–H groups in total. The molecule has 14 heavy (non-hydrogen) atoms. The summed E-state index contributed by atoms with van der Waals surface area (Å²) in [6.45, 7) is 1.75. The second-order valence-corrected chi connectivity index (χ2v) is 3.80. The molecule has 0 spiro atoms. The first-order valence-corrected chi connectivity index (χ1v) is 4.88. The van der Waals surface area contributed by atoms with Crippen LogP contribution < -0.4 is 11.1 Å². The van der Waals surface area contributed by atoms with Crippen LogP contribution in [0.15, 0.2) is 12.1 Å². The molecule has 1 aromatic carbocycles. The maximum Gasteiger partial charge on any atom is 0.250 e. The number of carbonyl (C=O) groups excluding carboxylic acids is 1. The van der Waals surface area contributed by atoms with E-state index in [1.54, 1.807) is 6.07 Å². The van der Waals surface area contributed by atoms with Gasteiger partial charge >= 0.3 is 0 Å². The summed E-state index contributed by atoms with van der Waals surface area (Å²) in [7, 11) is 0. The van der Waals surface area contributed by atoms with Gasteiger partial charge < -0.3 is 11.1 Å². The van der Waals surface area contributed by atoms with E-state index in [0.29, 0.717) is 10.6 Å². The molecule has 0 unspecified atom stereocenters. The third kappa shape index (κ3) is 1.61. The smallest absolute Gasteiger partial charge is 0.250 e. The monoisotopic (exact) mass is 210 g/mol. The first kappa shape index (κ1) is 9.49. The van der Waals surface area contributed by atoms with Gasteiger partial charge in [0.1, 0.15) is 0 Å². The Morgan fingerprint density at radius 1 is 1.43 bits per heavy atom. The molecule has 0 saturated heterocycles.